The number of rotatable bonds is 7. The number of carbonyl (C=O) groups excluding carboxylic acids is 1. The predicted octanol–water partition coefficient (Wildman–Crippen LogP) is 6.24. The lowest BCUT2D eigenvalue weighted by Crippen LogP contribution is -2.44. The summed E-state index contributed by atoms with van der Waals surface area (Å²) >= 11 is 0. The zero-order chi connectivity index (χ0) is 30.7. The van der Waals surface area contributed by atoms with Gasteiger partial charge < -0.3 is 14.6 Å². The third-order valence-electron chi connectivity index (χ3n) is 9.59. The van der Waals surface area contributed by atoms with Crippen molar-refractivity contribution in [2.75, 3.05) is 29.5 Å². The first kappa shape index (κ1) is 30.3. The molecule has 3 unspecified atom stereocenters. The second-order valence-electron chi connectivity index (χ2n) is 12.4. The van der Waals surface area contributed by atoms with Gasteiger partial charge in [0.05, 0.1) is 17.6 Å². The van der Waals surface area contributed by atoms with Crippen LogP contribution in [0.5, 0.6) is 0 Å². The number of nitrogens with zero attached hydrogens (tertiary/aromatic N) is 3. The predicted molar refractivity (Wildman–Crippen MR) is 167 cm³/mol. The molecule has 8 nitrogen and oxygen atoms in total. The summed E-state index contributed by atoms with van der Waals surface area (Å²) in [5, 5.41) is 13.0. The highest BCUT2D eigenvalue weighted by Crippen LogP contribution is 2.44. The molecule has 3 aliphatic rings. The molecule has 6 rings (SSSR count). The van der Waals surface area contributed by atoms with E-state index in [2.05, 4.69) is 16.3 Å². The summed E-state index contributed by atoms with van der Waals surface area (Å²) in [7, 11) is -2.99. The molecule has 1 saturated heterocycles. The lowest BCUT2D eigenvalue weighted by atomic mass is 9.76. The molecule has 2 saturated carbocycles. The smallest absolute Gasteiger partial charge is 0.226 e. The molecule has 10 heteroatoms. The van der Waals surface area contributed by atoms with Gasteiger partial charge in [-0.15, -0.1) is 0 Å². The quantitative estimate of drug-likeness (QED) is 0.333. The number of amides is 1. The van der Waals surface area contributed by atoms with Crippen molar-refractivity contribution < 1.29 is 22.0 Å². The molecule has 1 aromatic heterocycles. The zero-order valence-electron chi connectivity index (χ0n) is 24.9. The van der Waals surface area contributed by atoms with Gasteiger partial charge in [-0.2, -0.15) is 5.26 Å². The number of hydrogen-bond donors (Lipinski definition) is 1. The minimum Gasteiger partial charge on any atom is -0.440 e. The molecule has 1 amide bonds. The highest BCUT2D eigenvalue weighted by Gasteiger charge is 2.38. The number of nitrogens with one attached hydrogen (secondary N) is 1. The van der Waals surface area contributed by atoms with Crippen LogP contribution < -0.4 is 10.2 Å². The minimum absolute atomic E-state index is 0.104. The van der Waals surface area contributed by atoms with Crippen molar-refractivity contribution in [3.05, 3.63) is 60.1 Å². The van der Waals surface area contributed by atoms with Gasteiger partial charge in [-0.05, 0) is 68.0 Å². The standard InChI is InChI=1S/C34H39FN4O4S/c35-26-14-10-25(11-15-26)34-38-31(24-12-16-27(17-13-24)39-18-20-44(41,42)21-19-39)32(43-34)28-8-4-5-9-29(28)33(40)37-30(22-36)23-6-2-1-3-7-23/h10-17,23,28-30H,1-9,18-21H2,(H,37,40). The van der Waals surface area contributed by atoms with Gasteiger partial charge in [-0.25, -0.2) is 17.8 Å². The summed E-state index contributed by atoms with van der Waals surface area (Å²) in [6, 6.07) is 15.7. The topological polar surface area (TPSA) is 116 Å². The van der Waals surface area contributed by atoms with Crippen molar-refractivity contribution in [1.82, 2.24) is 10.3 Å². The van der Waals surface area contributed by atoms with Gasteiger partial charge in [0.25, 0.3) is 0 Å². The van der Waals surface area contributed by atoms with Gasteiger partial charge in [-0.1, -0.05) is 44.2 Å². The van der Waals surface area contributed by atoms with Gasteiger partial charge in [0.15, 0.2) is 9.84 Å². The second-order valence-corrected chi connectivity index (χ2v) is 14.7. The van der Waals surface area contributed by atoms with Gasteiger partial charge >= 0.3 is 0 Å². The fraction of sp³-hybridized carbons (Fsp3) is 0.500. The molecule has 0 bridgehead atoms. The normalized spacial score (nSPS) is 23.0. The lowest BCUT2D eigenvalue weighted by molar-refractivity contribution is -0.127. The van der Waals surface area contributed by atoms with Gasteiger partial charge in [-0.3, -0.25) is 4.79 Å². The number of sulfone groups is 1. The Labute approximate surface area is 258 Å². The van der Waals surface area contributed by atoms with Crippen LogP contribution in [0.25, 0.3) is 22.7 Å². The Bertz CT molecular complexity index is 1590. The zero-order valence-corrected chi connectivity index (χ0v) is 25.7. The molecule has 3 fully saturated rings. The number of anilines is 1. The van der Waals surface area contributed by atoms with E-state index in [1.54, 1.807) is 12.1 Å². The first-order chi connectivity index (χ1) is 21.3. The molecule has 44 heavy (non-hydrogen) atoms. The Hall–Kier alpha value is -3.71. The molecule has 3 aromatic rings. The minimum atomic E-state index is -2.99. The summed E-state index contributed by atoms with van der Waals surface area (Å²) in [6.07, 6.45) is 8.60. The molecule has 0 spiro atoms. The van der Waals surface area contributed by atoms with Gasteiger partial charge in [0.1, 0.15) is 23.3 Å². The van der Waals surface area contributed by atoms with Gasteiger partial charge in [0.2, 0.25) is 11.8 Å². The second kappa shape index (κ2) is 13.1. The summed E-state index contributed by atoms with van der Waals surface area (Å²) in [5.74, 6) is 0.426. The number of aromatic nitrogens is 1. The van der Waals surface area contributed by atoms with Crippen LogP contribution in [0, 0.1) is 29.0 Å². The number of halogens is 1. The molecule has 1 N–H and O–H groups in total. The van der Waals surface area contributed by atoms with Crippen molar-refractivity contribution in [3.8, 4) is 28.8 Å². The van der Waals surface area contributed by atoms with E-state index in [1.807, 2.05) is 24.3 Å². The maximum atomic E-state index is 13.8. The summed E-state index contributed by atoms with van der Waals surface area (Å²) in [5.41, 5.74) is 3.05. The number of benzene rings is 2. The average Bonchev–Trinajstić information content (AvgIpc) is 3.50. The molecular formula is C34H39FN4O4S. The van der Waals surface area contributed by atoms with Crippen LogP contribution in [-0.2, 0) is 14.6 Å². The highest BCUT2D eigenvalue weighted by molar-refractivity contribution is 7.91. The number of nitriles is 1. The lowest BCUT2D eigenvalue weighted by Gasteiger charge is -2.32. The monoisotopic (exact) mass is 618 g/mol. The van der Waals surface area contributed by atoms with Crippen LogP contribution >= 0.6 is 0 Å². The van der Waals surface area contributed by atoms with E-state index in [0.29, 0.717) is 42.4 Å². The Morgan fingerprint density at radius 3 is 2.25 bits per heavy atom. The van der Waals surface area contributed by atoms with E-state index in [4.69, 9.17) is 9.40 Å². The number of carbonyl (C=O) groups is 1. The van der Waals surface area contributed by atoms with Crippen LogP contribution in [0.15, 0.2) is 52.9 Å². The average molecular weight is 619 g/mol. The van der Waals surface area contributed by atoms with Crippen molar-refractivity contribution in [3.63, 3.8) is 0 Å². The van der Waals surface area contributed by atoms with Crippen molar-refractivity contribution in [2.45, 2.75) is 69.7 Å². The van der Waals surface area contributed by atoms with Crippen LogP contribution in [0.4, 0.5) is 10.1 Å². The summed E-state index contributed by atoms with van der Waals surface area (Å²) in [6.45, 7) is 0.907. The van der Waals surface area contributed by atoms with E-state index in [9.17, 15) is 22.9 Å². The van der Waals surface area contributed by atoms with Crippen molar-refractivity contribution in [1.29, 1.82) is 5.26 Å². The third-order valence-corrected chi connectivity index (χ3v) is 11.2. The van der Waals surface area contributed by atoms with E-state index >= 15 is 0 Å². The Balaban J connectivity index is 1.31. The molecule has 2 aliphatic carbocycles. The molecule has 0 radical (unpaired) electrons. The van der Waals surface area contributed by atoms with E-state index < -0.39 is 15.9 Å². The first-order valence-corrected chi connectivity index (χ1v) is 17.7. The van der Waals surface area contributed by atoms with E-state index in [-0.39, 0.29) is 41.0 Å². The third kappa shape index (κ3) is 6.68. The van der Waals surface area contributed by atoms with Crippen LogP contribution in [0.1, 0.15) is 69.5 Å². The first-order valence-electron chi connectivity index (χ1n) is 15.8. The summed E-state index contributed by atoms with van der Waals surface area (Å²) < 4.78 is 44.0. The Morgan fingerprint density at radius 1 is 0.932 bits per heavy atom. The summed E-state index contributed by atoms with van der Waals surface area (Å²) in [4.78, 5) is 20.8. The Kier molecular flexibility index (Phi) is 9.03. The maximum absolute atomic E-state index is 13.8. The fourth-order valence-electron chi connectivity index (χ4n) is 7.05. The van der Waals surface area contributed by atoms with Gasteiger partial charge in [0, 0.05) is 41.7 Å². The number of oxazole rings is 1. The SMILES string of the molecule is N#CC(NC(=O)C1CCCCC1c1oc(-c2ccc(F)cc2)nc1-c1ccc(N2CCS(=O)(=O)CC2)cc1)C1CCCCC1. The fourth-order valence-corrected chi connectivity index (χ4v) is 8.25. The van der Waals surface area contributed by atoms with Crippen LogP contribution in [0.2, 0.25) is 0 Å². The van der Waals surface area contributed by atoms with Crippen LogP contribution in [-0.4, -0.2) is 49.9 Å². The van der Waals surface area contributed by atoms with E-state index in [0.717, 1.165) is 56.2 Å². The van der Waals surface area contributed by atoms with Crippen LogP contribution in [0.3, 0.4) is 0 Å². The molecule has 2 heterocycles. The van der Waals surface area contributed by atoms with Crippen molar-refractivity contribution >= 4 is 21.4 Å². The Morgan fingerprint density at radius 2 is 1.57 bits per heavy atom. The molecule has 1 aliphatic heterocycles. The highest BCUT2D eigenvalue weighted by atomic mass is 32.2. The molecular weight excluding hydrogens is 579 g/mol. The number of hydrogen-bond acceptors (Lipinski definition) is 7. The largest absolute Gasteiger partial charge is 0.440 e. The van der Waals surface area contributed by atoms with E-state index in [1.165, 1.54) is 18.6 Å². The molecule has 2 aromatic carbocycles. The van der Waals surface area contributed by atoms with Crippen molar-refractivity contribution in [2.24, 2.45) is 11.8 Å². The maximum Gasteiger partial charge on any atom is 0.226 e. The molecule has 3 atom stereocenters. The molecule has 232 valence electrons.